The lowest BCUT2D eigenvalue weighted by atomic mass is 10.1. The van der Waals surface area contributed by atoms with Crippen LogP contribution in [0.3, 0.4) is 0 Å². The van der Waals surface area contributed by atoms with Crippen molar-refractivity contribution in [1.82, 2.24) is 9.13 Å². The largest absolute Gasteiger partial charge is 0.542 e. The van der Waals surface area contributed by atoms with Crippen LogP contribution in [0.5, 0.6) is 5.75 Å². The number of benzene rings is 2. The predicted octanol–water partition coefficient (Wildman–Crippen LogP) is 2.24. The van der Waals surface area contributed by atoms with E-state index in [9.17, 15) is 22.8 Å². The molecule has 0 unspecified atom stereocenters. The summed E-state index contributed by atoms with van der Waals surface area (Å²) < 4.78 is 41.0. The summed E-state index contributed by atoms with van der Waals surface area (Å²) in [6, 6.07) is 17.1. The lowest BCUT2D eigenvalue weighted by Crippen LogP contribution is -2.83. The first-order chi connectivity index (χ1) is 17.9. The van der Waals surface area contributed by atoms with E-state index >= 15 is 0 Å². The average molecular weight is 597 g/mol. The highest BCUT2D eigenvalue weighted by Gasteiger charge is 2.30. The Kier molecular flexibility index (Phi) is 9.28. The third-order valence-electron chi connectivity index (χ3n) is 5.18. The number of aromatic nitrogens is 2. The quantitative estimate of drug-likeness (QED) is 0.448. The van der Waals surface area contributed by atoms with Gasteiger partial charge < -0.3 is 14.6 Å². The lowest BCUT2D eigenvalue weighted by molar-refractivity contribution is -0.442. The minimum absolute atomic E-state index is 0.150. The highest BCUT2D eigenvalue weighted by molar-refractivity contribution is 9.10. The molecule has 0 saturated carbocycles. The molecule has 0 radical (unpaired) electrons. The first-order valence-corrected chi connectivity index (χ1v) is 12.2. The molecule has 1 aliphatic rings. The molecule has 13 heteroatoms. The van der Waals surface area contributed by atoms with Crippen LogP contribution in [0.1, 0.15) is 19.4 Å². The van der Waals surface area contributed by atoms with E-state index < -0.39 is 17.8 Å². The summed E-state index contributed by atoms with van der Waals surface area (Å²) in [5, 5.41) is 10.6. The van der Waals surface area contributed by atoms with E-state index in [1.807, 2.05) is 56.3 Å². The molecule has 1 aromatic heterocycles. The molecule has 0 atom stereocenters. The second-order valence-electron chi connectivity index (χ2n) is 8.68. The Labute approximate surface area is 223 Å². The van der Waals surface area contributed by atoms with Crippen LogP contribution in [-0.2, 0) is 24.5 Å². The zero-order valence-corrected chi connectivity index (χ0v) is 22.0. The number of hydrogen-bond donors (Lipinski definition) is 1. The first kappa shape index (κ1) is 28.9. The number of carboxylic acid groups (broad SMARTS) is 1. The van der Waals surface area contributed by atoms with Gasteiger partial charge in [0.25, 0.3) is 0 Å². The maximum atomic E-state index is 13.2. The Bertz CT molecular complexity index is 1430. The number of nitrogens with zero attached hydrogens (tertiary/aromatic N) is 3. The SMILES string of the molecule is CC(C)Cn1c2c(c(=O)n(COc3ccccc3)c1=O)[NH2+]C(Cc1ccc(Br)cc1)=N2.O=C([O-])C(F)(F)F. The van der Waals surface area contributed by atoms with Crippen molar-refractivity contribution < 1.29 is 33.1 Å². The van der Waals surface area contributed by atoms with Crippen LogP contribution in [0.15, 0.2) is 73.7 Å². The second-order valence-corrected chi connectivity index (χ2v) is 9.60. The number of carbonyl (C=O) groups is 1. The summed E-state index contributed by atoms with van der Waals surface area (Å²) in [4.78, 5) is 39.8. The molecule has 2 aromatic carbocycles. The zero-order valence-electron chi connectivity index (χ0n) is 20.4. The van der Waals surface area contributed by atoms with E-state index in [1.54, 1.807) is 22.0 Å². The molecule has 1 aliphatic heterocycles. The number of carboxylic acids is 1. The Morgan fingerprint density at radius 1 is 1.08 bits per heavy atom. The molecule has 38 heavy (non-hydrogen) atoms. The van der Waals surface area contributed by atoms with Crippen molar-refractivity contribution in [3.63, 3.8) is 0 Å². The summed E-state index contributed by atoms with van der Waals surface area (Å²) in [6.07, 6.45) is -4.61. The number of halogens is 4. The van der Waals surface area contributed by atoms with Crippen molar-refractivity contribution in [1.29, 1.82) is 0 Å². The summed E-state index contributed by atoms with van der Waals surface area (Å²) >= 11 is 3.44. The molecule has 0 fully saturated rings. The monoisotopic (exact) mass is 596 g/mol. The summed E-state index contributed by atoms with van der Waals surface area (Å²) in [6.45, 7) is 4.37. The second kappa shape index (κ2) is 12.2. The van der Waals surface area contributed by atoms with Crippen molar-refractivity contribution in [2.75, 3.05) is 0 Å². The molecule has 0 amide bonds. The summed E-state index contributed by atoms with van der Waals surface area (Å²) in [5.41, 5.74) is 0.724. The molecule has 9 nitrogen and oxygen atoms in total. The van der Waals surface area contributed by atoms with E-state index in [2.05, 4.69) is 20.9 Å². The normalized spacial score (nSPS) is 12.4. The molecule has 2 N–H and O–H groups in total. The number of fused-ring (bicyclic) bond motifs is 1. The zero-order chi connectivity index (χ0) is 28.0. The molecule has 0 spiro atoms. The molecular weight excluding hydrogens is 573 g/mol. The van der Waals surface area contributed by atoms with Gasteiger partial charge in [-0.1, -0.05) is 60.1 Å². The molecule has 4 rings (SSSR count). The highest BCUT2D eigenvalue weighted by atomic mass is 79.9. The van der Waals surface area contributed by atoms with Crippen molar-refractivity contribution in [3.8, 4) is 5.75 Å². The van der Waals surface area contributed by atoms with Gasteiger partial charge in [-0.15, -0.1) is 0 Å². The number of hydrogen-bond acceptors (Lipinski definition) is 6. The Morgan fingerprint density at radius 3 is 2.24 bits per heavy atom. The molecule has 202 valence electrons. The third-order valence-corrected chi connectivity index (χ3v) is 5.70. The fraction of sp³-hybridized carbons (Fsp3) is 0.280. The van der Waals surface area contributed by atoms with Crippen molar-refractivity contribution in [3.05, 3.63) is 85.5 Å². The molecular formula is C25H24BrF3N4O5. The van der Waals surface area contributed by atoms with Gasteiger partial charge in [0.2, 0.25) is 17.3 Å². The highest BCUT2D eigenvalue weighted by Crippen LogP contribution is 2.21. The standard InChI is InChI=1S/C23H23BrN4O3.C2HF3O2/c1-15(2)13-27-21-20(25-19(26-21)12-16-8-10-17(24)11-9-16)22(29)28(23(27)30)14-31-18-6-4-3-5-7-18;3-2(4,5)1(6)7/h3-11,15H,12-14H2,1-2H3,(H,25,26);(H,6,7). The topological polar surface area (TPSA) is 122 Å². The van der Waals surface area contributed by atoms with Gasteiger partial charge in [0.15, 0.2) is 6.73 Å². The van der Waals surface area contributed by atoms with Gasteiger partial charge in [0.05, 0.1) is 6.42 Å². The maximum absolute atomic E-state index is 13.2. The van der Waals surface area contributed by atoms with Gasteiger partial charge in [-0.2, -0.15) is 18.2 Å². The van der Waals surface area contributed by atoms with Crippen molar-refractivity contribution in [2.45, 2.75) is 39.7 Å². The van der Waals surface area contributed by atoms with Crippen LogP contribution in [0.4, 0.5) is 24.7 Å². The Morgan fingerprint density at radius 2 is 1.68 bits per heavy atom. The summed E-state index contributed by atoms with van der Waals surface area (Å²) in [7, 11) is 0. The minimum Gasteiger partial charge on any atom is -0.542 e. The van der Waals surface area contributed by atoms with Crippen LogP contribution < -0.4 is 26.4 Å². The molecule has 0 saturated heterocycles. The molecule has 2 heterocycles. The van der Waals surface area contributed by atoms with Crippen molar-refractivity contribution >= 4 is 39.2 Å². The summed E-state index contributed by atoms with van der Waals surface area (Å²) in [5.74, 6) is -0.998. The third kappa shape index (κ3) is 7.42. The number of para-hydroxylation sites is 1. The fourth-order valence-corrected chi connectivity index (χ4v) is 3.76. The van der Waals surface area contributed by atoms with Gasteiger partial charge >= 0.3 is 17.4 Å². The van der Waals surface area contributed by atoms with E-state index in [4.69, 9.17) is 14.6 Å². The number of nitrogens with two attached hydrogens (primary N) is 1. The Balaban J connectivity index is 0.000000505. The number of quaternary nitrogens is 1. The van der Waals surface area contributed by atoms with E-state index in [0.717, 1.165) is 20.4 Å². The van der Waals surface area contributed by atoms with Crippen LogP contribution in [0.25, 0.3) is 0 Å². The van der Waals surface area contributed by atoms with Crippen LogP contribution in [0, 0.1) is 5.92 Å². The van der Waals surface area contributed by atoms with Gasteiger partial charge in [-0.05, 0) is 35.7 Å². The first-order valence-electron chi connectivity index (χ1n) is 11.4. The van der Waals surface area contributed by atoms with Crippen LogP contribution in [-0.4, -0.2) is 27.1 Å². The number of rotatable bonds is 7. The number of amidine groups is 1. The minimum atomic E-state index is -5.19. The number of alkyl halides is 3. The lowest BCUT2D eigenvalue weighted by Gasteiger charge is -2.14. The van der Waals surface area contributed by atoms with E-state index in [0.29, 0.717) is 30.2 Å². The predicted molar refractivity (Wildman–Crippen MR) is 134 cm³/mol. The fourth-order valence-electron chi connectivity index (χ4n) is 3.49. The van der Waals surface area contributed by atoms with Gasteiger partial charge in [-0.3, -0.25) is 14.7 Å². The molecule has 3 aromatic rings. The van der Waals surface area contributed by atoms with Gasteiger partial charge in [-0.25, -0.2) is 9.36 Å². The Hall–Kier alpha value is -3.71. The number of aliphatic imine (C=N–C) groups is 1. The van der Waals surface area contributed by atoms with Gasteiger partial charge in [0.1, 0.15) is 11.7 Å². The maximum Gasteiger partial charge on any atom is 0.430 e. The van der Waals surface area contributed by atoms with Crippen molar-refractivity contribution in [2.24, 2.45) is 10.9 Å². The van der Waals surface area contributed by atoms with Crippen LogP contribution >= 0.6 is 15.9 Å². The van der Waals surface area contributed by atoms with Gasteiger partial charge in [0, 0.05) is 11.0 Å². The average Bonchev–Trinajstić information content (AvgIpc) is 3.27. The van der Waals surface area contributed by atoms with Crippen LogP contribution in [0.2, 0.25) is 0 Å². The number of aliphatic carboxylic acids is 1. The van der Waals surface area contributed by atoms with E-state index in [1.165, 1.54) is 0 Å². The molecule has 0 aliphatic carbocycles. The van der Waals surface area contributed by atoms with E-state index in [-0.39, 0.29) is 18.2 Å². The number of ether oxygens (including phenoxy) is 1. The number of carbonyl (C=O) groups excluding carboxylic acids is 1. The smallest absolute Gasteiger partial charge is 0.430 e. The molecule has 0 bridgehead atoms.